The lowest BCUT2D eigenvalue weighted by molar-refractivity contribution is -0.137. The molecule has 1 aliphatic heterocycles. The second kappa shape index (κ2) is 18.2. The largest absolute Gasteiger partial charge is 0.417 e. The Balaban J connectivity index is 0.988. The number of thiazole rings is 2. The van der Waals surface area contributed by atoms with Crippen molar-refractivity contribution in [2.24, 2.45) is 10.9 Å². The molecule has 0 radical (unpaired) electrons. The first-order valence-corrected chi connectivity index (χ1v) is 21.8. The Morgan fingerprint density at radius 2 is 1.42 bits per heavy atom. The third-order valence-corrected chi connectivity index (χ3v) is 12.7. The van der Waals surface area contributed by atoms with Crippen molar-refractivity contribution in [1.29, 1.82) is 0 Å². The molecule has 8 rings (SSSR count). The molecule has 17 heteroatoms. The van der Waals surface area contributed by atoms with Crippen LogP contribution in [0.5, 0.6) is 0 Å². The normalized spacial score (nSPS) is 14.6. The Labute approximate surface area is 378 Å². The first-order valence-electron chi connectivity index (χ1n) is 19.7. The molecule has 0 spiro atoms. The van der Waals surface area contributed by atoms with E-state index in [0.29, 0.717) is 22.8 Å². The summed E-state index contributed by atoms with van der Waals surface area (Å²) >= 11 is 8.69. The standard InChI is InChI=1S/C47H37ClF4N8O2S2/c1-24-8-10-32(58-46(62)60-40-20-30(9-13-38(40)49)44-42(56-27(4)64-44)34-15-16-53-23-25(34)2)21-35(24)39-19-28(14-17-54-39)41-43(63-26(3)55-41)29-6-5-7-31(18-29)57-45(61)59-33-11-12-37(48)36(22-33)47(50,51)52/h5-23,25,34H,1-4H3,(H2,57,59,61)(H2,58,60,62). The van der Waals surface area contributed by atoms with Crippen LogP contribution in [0, 0.1) is 32.5 Å². The van der Waals surface area contributed by atoms with Crippen molar-refractivity contribution in [3.8, 4) is 43.4 Å². The van der Waals surface area contributed by atoms with Crippen LogP contribution in [0.3, 0.4) is 0 Å². The molecule has 0 saturated heterocycles. The Morgan fingerprint density at radius 1 is 0.734 bits per heavy atom. The first kappa shape index (κ1) is 43.9. The lowest BCUT2D eigenvalue weighted by Gasteiger charge is -2.19. The van der Waals surface area contributed by atoms with Gasteiger partial charge in [0.1, 0.15) is 5.82 Å². The SMILES string of the molecule is Cc1nc(-c2ccnc(-c3cc(NC(=O)Nc4cc(-c5sc(C)nc5C5C=CN=CC5C)ccc4F)ccc3C)c2)c(-c2cccc(NC(=O)Nc3ccc(Cl)c(C(F)(F)F)c3)c2)s1. The number of urea groups is 2. The summed E-state index contributed by atoms with van der Waals surface area (Å²) < 4.78 is 55.4. The maximum absolute atomic E-state index is 15.2. The molecule has 4 heterocycles. The molecule has 3 aromatic heterocycles. The highest BCUT2D eigenvalue weighted by Crippen LogP contribution is 2.42. The van der Waals surface area contributed by atoms with E-state index in [1.165, 1.54) is 34.8 Å². The number of aryl methyl sites for hydroxylation is 3. The van der Waals surface area contributed by atoms with Crippen molar-refractivity contribution in [3.63, 3.8) is 0 Å². The topological polar surface area (TPSA) is 133 Å². The molecular weight excluding hydrogens is 884 g/mol. The number of pyridine rings is 1. The van der Waals surface area contributed by atoms with E-state index >= 15 is 4.39 Å². The number of carbonyl (C=O) groups is 2. The van der Waals surface area contributed by atoms with E-state index in [4.69, 9.17) is 21.6 Å². The molecule has 10 nitrogen and oxygen atoms in total. The van der Waals surface area contributed by atoms with Gasteiger partial charge in [0.05, 0.1) is 53.1 Å². The Kier molecular flexibility index (Phi) is 12.4. The average Bonchev–Trinajstić information content (AvgIpc) is 3.85. The van der Waals surface area contributed by atoms with Crippen LogP contribution < -0.4 is 21.3 Å². The van der Waals surface area contributed by atoms with Gasteiger partial charge in [-0.2, -0.15) is 13.2 Å². The second-order valence-electron chi connectivity index (χ2n) is 15.0. The number of alkyl halides is 3. The summed E-state index contributed by atoms with van der Waals surface area (Å²) in [5.41, 5.74) is 5.76. The van der Waals surface area contributed by atoms with Crippen LogP contribution in [-0.2, 0) is 6.18 Å². The Bertz CT molecular complexity index is 3000. The number of hydrogen-bond donors (Lipinski definition) is 4. The van der Waals surface area contributed by atoms with Crippen LogP contribution in [0.15, 0.2) is 114 Å². The van der Waals surface area contributed by atoms with E-state index in [2.05, 4.69) is 38.2 Å². The maximum Gasteiger partial charge on any atom is 0.417 e. The van der Waals surface area contributed by atoms with E-state index < -0.39 is 34.6 Å². The zero-order chi connectivity index (χ0) is 45.3. The lowest BCUT2D eigenvalue weighted by atomic mass is 9.89. The van der Waals surface area contributed by atoms with Crippen LogP contribution >= 0.6 is 34.3 Å². The summed E-state index contributed by atoms with van der Waals surface area (Å²) in [5.74, 6) is -0.447. The van der Waals surface area contributed by atoms with Gasteiger partial charge >= 0.3 is 18.2 Å². The number of rotatable bonds is 9. The number of nitrogens with one attached hydrogen (secondary N) is 4. The van der Waals surface area contributed by atoms with Crippen molar-refractivity contribution in [2.75, 3.05) is 21.3 Å². The molecule has 0 saturated carbocycles. The molecule has 7 aromatic rings. The number of aromatic nitrogens is 3. The number of aliphatic imine (C=N–C) groups is 1. The Hall–Kier alpha value is -6.75. The zero-order valence-electron chi connectivity index (χ0n) is 34.4. The number of hydrogen-bond acceptors (Lipinski definition) is 8. The van der Waals surface area contributed by atoms with Crippen LogP contribution in [0.2, 0.25) is 5.02 Å². The molecule has 4 N–H and O–H groups in total. The minimum absolute atomic E-state index is 0.0109. The predicted octanol–water partition coefficient (Wildman–Crippen LogP) is 14.0. The third kappa shape index (κ3) is 9.73. The van der Waals surface area contributed by atoms with E-state index in [9.17, 15) is 22.8 Å². The fraction of sp³-hybridized carbons (Fsp3) is 0.149. The molecule has 4 aromatic carbocycles. The van der Waals surface area contributed by atoms with Crippen molar-refractivity contribution >= 4 is 75.3 Å². The maximum atomic E-state index is 15.2. The number of amides is 4. The van der Waals surface area contributed by atoms with Crippen LogP contribution in [0.25, 0.3) is 43.4 Å². The molecule has 2 atom stereocenters. The van der Waals surface area contributed by atoms with Crippen LogP contribution in [-0.4, -0.2) is 33.2 Å². The molecular formula is C47H37ClF4N8O2S2. The molecule has 1 aliphatic rings. The van der Waals surface area contributed by atoms with Gasteiger partial charge in [0.25, 0.3) is 0 Å². The molecule has 2 unspecified atom stereocenters. The quantitative estimate of drug-likeness (QED) is 0.107. The molecule has 4 amide bonds. The van der Waals surface area contributed by atoms with Crippen LogP contribution in [0.4, 0.5) is 49.9 Å². The highest BCUT2D eigenvalue weighted by molar-refractivity contribution is 7.15. The molecule has 0 bridgehead atoms. The van der Waals surface area contributed by atoms with Crippen molar-refractivity contribution < 1.29 is 27.2 Å². The molecule has 0 fully saturated rings. The zero-order valence-corrected chi connectivity index (χ0v) is 36.8. The van der Waals surface area contributed by atoms with Gasteiger partial charge in [-0.1, -0.05) is 48.9 Å². The first-order chi connectivity index (χ1) is 30.6. The monoisotopic (exact) mass is 920 g/mol. The summed E-state index contributed by atoms with van der Waals surface area (Å²) in [5, 5.41) is 11.8. The summed E-state index contributed by atoms with van der Waals surface area (Å²) in [6.45, 7) is 7.81. The van der Waals surface area contributed by atoms with Crippen molar-refractivity contribution in [1.82, 2.24) is 15.0 Å². The minimum atomic E-state index is -4.69. The molecule has 0 aliphatic carbocycles. The average molecular weight is 921 g/mol. The van der Waals surface area contributed by atoms with Crippen molar-refractivity contribution in [2.45, 2.75) is 39.8 Å². The van der Waals surface area contributed by atoms with Gasteiger partial charge in [-0.25, -0.2) is 23.9 Å². The van der Waals surface area contributed by atoms with Gasteiger partial charge in [0.2, 0.25) is 0 Å². The number of halogens is 5. The Morgan fingerprint density at radius 3 is 2.19 bits per heavy atom. The number of nitrogens with zero attached hydrogens (tertiary/aromatic N) is 4. The van der Waals surface area contributed by atoms with E-state index in [1.807, 2.05) is 57.3 Å². The lowest BCUT2D eigenvalue weighted by Crippen LogP contribution is -2.20. The molecule has 324 valence electrons. The minimum Gasteiger partial charge on any atom is -0.308 e. The van der Waals surface area contributed by atoms with E-state index in [-0.39, 0.29) is 23.2 Å². The van der Waals surface area contributed by atoms with Gasteiger partial charge in [0.15, 0.2) is 0 Å². The number of benzene rings is 4. The highest BCUT2D eigenvalue weighted by Gasteiger charge is 2.33. The number of anilines is 4. The third-order valence-electron chi connectivity index (χ3n) is 10.3. The van der Waals surface area contributed by atoms with Gasteiger partial charge in [-0.3, -0.25) is 9.98 Å². The summed E-state index contributed by atoms with van der Waals surface area (Å²) in [6.07, 6.45) is 2.64. The summed E-state index contributed by atoms with van der Waals surface area (Å²) in [4.78, 5) is 46.5. The van der Waals surface area contributed by atoms with Crippen molar-refractivity contribution in [3.05, 3.63) is 147 Å². The summed E-state index contributed by atoms with van der Waals surface area (Å²) in [7, 11) is 0. The fourth-order valence-electron chi connectivity index (χ4n) is 7.23. The second-order valence-corrected chi connectivity index (χ2v) is 17.8. The fourth-order valence-corrected chi connectivity index (χ4v) is 9.36. The van der Waals surface area contributed by atoms with E-state index in [1.54, 1.807) is 54.9 Å². The van der Waals surface area contributed by atoms with Gasteiger partial charge in [0, 0.05) is 58.6 Å². The molecule has 64 heavy (non-hydrogen) atoms. The van der Waals surface area contributed by atoms with Gasteiger partial charge in [-0.15, -0.1) is 22.7 Å². The van der Waals surface area contributed by atoms with Gasteiger partial charge < -0.3 is 21.3 Å². The smallest absolute Gasteiger partial charge is 0.308 e. The van der Waals surface area contributed by atoms with Gasteiger partial charge in [-0.05, 0) is 104 Å². The van der Waals surface area contributed by atoms with E-state index in [0.717, 1.165) is 65.4 Å². The highest BCUT2D eigenvalue weighted by atomic mass is 35.5. The number of allylic oxidation sites excluding steroid dienone is 1. The number of carbonyl (C=O) groups excluding carboxylic acids is 2. The summed E-state index contributed by atoms with van der Waals surface area (Å²) in [6, 6.07) is 22.5. The van der Waals surface area contributed by atoms with Crippen LogP contribution in [0.1, 0.15) is 39.7 Å². The predicted molar refractivity (Wildman–Crippen MR) is 249 cm³/mol.